The van der Waals surface area contributed by atoms with E-state index in [1.165, 1.54) is 38.5 Å². The number of nitrogens with two attached hydrogens (primary N) is 1. The molecule has 2 fully saturated rings. The smallest absolute Gasteiger partial charge is 0.220 e. The van der Waals surface area contributed by atoms with Gasteiger partial charge in [-0.05, 0) is 43.1 Å². The molecule has 2 saturated carbocycles. The first kappa shape index (κ1) is 14.8. The van der Waals surface area contributed by atoms with Crippen LogP contribution in [0.2, 0.25) is 0 Å². The van der Waals surface area contributed by atoms with E-state index in [0.29, 0.717) is 18.9 Å². The number of hydrogen-bond acceptors (Lipinski definition) is 2. The molecule has 2 aliphatic rings. The maximum absolute atomic E-state index is 12.2. The summed E-state index contributed by atoms with van der Waals surface area (Å²) < 4.78 is 0. The van der Waals surface area contributed by atoms with Gasteiger partial charge in [-0.1, -0.05) is 39.0 Å². The average Bonchev–Trinajstić information content (AvgIpc) is 2.83. The van der Waals surface area contributed by atoms with E-state index in [4.69, 9.17) is 5.73 Å². The van der Waals surface area contributed by atoms with E-state index in [-0.39, 0.29) is 11.3 Å². The molecule has 0 heterocycles. The maximum atomic E-state index is 12.2. The van der Waals surface area contributed by atoms with Crippen molar-refractivity contribution in [2.24, 2.45) is 23.0 Å². The first-order valence-corrected chi connectivity index (χ1v) is 8.12. The lowest BCUT2D eigenvalue weighted by Crippen LogP contribution is -2.40. The Kier molecular flexibility index (Phi) is 5.26. The van der Waals surface area contributed by atoms with Crippen molar-refractivity contribution in [3.05, 3.63) is 0 Å². The second kappa shape index (κ2) is 6.74. The molecule has 2 aliphatic carbocycles. The van der Waals surface area contributed by atoms with Gasteiger partial charge in [-0.15, -0.1) is 0 Å². The molecule has 110 valence electrons. The minimum Gasteiger partial charge on any atom is -0.356 e. The molecule has 3 N–H and O–H groups in total. The molecule has 19 heavy (non-hydrogen) atoms. The highest BCUT2D eigenvalue weighted by atomic mass is 16.1. The molecule has 3 nitrogen and oxygen atoms in total. The van der Waals surface area contributed by atoms with Crippen molar-refractivity contribution in [2.75, 3.05) is 13.1 Å². The van der Waals surface area contributed by atoms with E-state index in [2.05, 4.69) is 12.2 Å². The lowest BCUT2D eigenvalue weighted by atomic mass is 9.71. The fourth-order valence-corrected chi connectivity index (χ4v) is 3.93. The Balaban J connectivity index is 1.76. The Bertz CT molecular complexity index is 297. The van der Waals surface area contributed by atoms with Gasteiger partial charge in [0.05, 0.1) is 0 Å². The van der Waals surface area contributed by atoms with E-state index in [1.54, 1.807) is 0 Å². The van der Waals surface area contributed by atoms with Crippen molar-refractivity contribution in [2.45, 2.75) is 64.7 Å². The molecule has 0 saturated heterocycles. The predicted octanol–water partition coefficient (Wildman–Crippen LogP) is 2.84. The lowest BCUT2D eigenvalue weighted by molar-refractivity contribution is -0.124. The number of carbonyl (C=O) groups excluding carboxylic acids is 1. The van der Waals surface area contributed by atoms with Gasteiger partial charge in [0.1, 0.15) is 0 Å². The molecule has 0 aromatic rings. The van der Waals surface area contributed by atoms with Crippen LogP contribution in [0.4, 0.5) is 0 Å². The molecule has 0 aliphatic heterocycles. The highest BCUT2D eigenvalue weighted by molar-refractivity contribution is 5.76. The van der Waals surface area contributed by atoms with Gasteiger partial charge in [-0.25, -0.2) is 0 Å². The van der Waals surface area contributed by atoms with Gasteiger partial charge >= 0.3 is 0 Å². The summed E-state index contributed by atoms with van der Waals surface area (Å²) in [6.07, 6.45) is 10.6. The Morgan fingerprint density at radius 2 is 1.95 bits per heavy atom. The third-order valence-corrected chi connectivity index (χ3v) is 5.48. The van der Waals surface area contributed by atoms with Gasteiger partial charge in [0.25, 0.3) is 0 Å². The largest absolute Gasteiger partial charge is 0.356 e. The molecule has 0 bridgehead atoms. The fraction of sp³-hybridized carbons (Fsp3) is 0.938. The molecule has 2 rings (SSSR count). The Labute approximate surface area is 117 Å². The van der Waals surface area contributed by atoms with Crippen LogP contribution in [-0.4, -0.2) is 19.0 Å². The second-order valence-electron chi connectivity index (χ2n) is 6.91. The van der Waals surface area contributed by atoms with Crippen LogP contribution in [0, 0.1) is 17.3 Å². The summed E-state index contributed by atoms with van der Waals surface area (Å²) in [6.45, 7) is 3.85. The Hall–Kier alpha value is -0.570. The van der Waals surface area contributed by atoms with Crippen LogP contribution in [0.3, 0.4) is 0 Å². The third kappa shape index (κ3) is 3.95. The van der Waals surface area contributed by atoms with Crippen molar-refractivity contribution in [3.63, 3.8) is 0 Å². The molecule has 0 spiro atoms. The molecule has 2 atom stereocenters. The van der Waals surface area contributed by atoms with Gasteiger partial charge in [0.2, 0.25) is 5.91 Å². The van der Waals surface area contributed by atoms with Crippen molar-refractivity contribution in [3.8, 4) is 0 Å². The third-order valence-electron chi connectivity index (χ3n) is 5.48. The normalized spacial score (nSPS) is 30.2. The number of amides is 1. The summed E-state index contributed by atoms with van der Waals surface area (Å²) in [7, 11) is 0. The van der Waals surface area contributed by atoms with Gasteiger partial charge in [-0.3, -0.25) is 4.79 Å². The Morgan fingerprint density at radius 3 is 2.53 bits per heavy atom. The minimum atomic E-state index is 0.101. The van der Waals surface area contributed by atoms with Crippen LogP contribution in [0.1, 0.15) is 64.7 Å². The summed E-state index contributed by atoms with van der Waals surface area (Å²) in [5.41, 5.74) is 6.05. The molecule has 1 amide bonds. The zero-order valence-corrected chi connectivity index (χ0v) is 12.4. The van der Waals surface area contributed by atoms with Crippen LogP contribution >= 0.6 is 0 Å². The van der Waals surface area contributed by atoms with E-state index >= 15 is 0 Å². The SMILES string of the molecule is CC1CCCC1CNC(=O)CC1(CN)CCCCC1. The molecular weight excluding hydrogens is 236 g/mol. The monoisotopic (exact) mass is 266 g/mol. The highest BCUT2D eigenvalue weighted by Gasteiger charge is 2.33. The van der Waals surface area contributed by atoms with Gasteiger partial charge < -0.3 is 11.1 Å². The molecule has 0 aromatic carbocycles. The van der Waals surface area contributed by atoms with Gasteiger partial charge in [-0.2, -0.15) is 0 Å². The van der Waals surface area contributed by atoms with E-state index in [1.807, 2.05) is 0 Å². The zero-order chi connectivity index (χ0) is 13.7. The molecule has 0 radical (unpaired) electrons. The zero-order valence-electron chi connectivity index (χ0n) is 12.4. The van der Waals surface area contributed by atoms with Crippen LogP contribution in [0.5, 0.6) is 0 Å². The summed E-state index contributed by atoms with van der Waals surface area (Å²) in [5, 5.41) is 3.17. The van der Waals surface area contributed by atoms with E-state index < -0.39 is 0 Å². The van der Waals surface area contributed by atoms with Crippen LogP contribution in [0.15, 0.2) is 0 Å². The van der Waals surface area contributed by atoms with Crippen LogP contribution in [-0.2, 0) is 4.79 Å². The first-order chi connectivity index (χ1) is 9.15. The number of rotatable bonds is 5. The fourth-order valence-electron chi connectivity index (χ4n) is 3.93. The molecular formula is C16H30N2O. The van der Waals surface area contributed by atoms with Crippen molar-refractivity contribution in [1.29, 1.82) is 0 Å². The van der Waals surface area contributed by atoms with Gasteiger partial charge in [0, 0.05) is 13.0 Å². The quantitative estimate of drug-likeness (QED) is 0.804. The van der Waals surface area contributed by atoms with E-state index in [0.717, 1.165) is 25.3 Å². The minimum absolute atomic E-state index is 0.101. The predicted molar refractivity (Wildman–Crippen MR) is 78.7 cm³/mol. The second-order valence-corrected chi connectivity index (χ2v) is 6.91. The van der Waals surface area contributed by atoms with Crippen LogP contribution < -0.4 is 11.1 Å². The topological polar surface area (TPSA) is 55.1 Å². The van der Waals surface area contributed by atoms with Crippen LogP contribution in [0.25, 0.3) is 0 Å². The summed E-state index contributed by atoms with van der Waals surface area (Å²) >= 11 is 0. The highest BCUT2D eigenvalue weighted by Crippen LogP contribution is 2.38. The standard InChI is InChI=1S/C16H30N2O/c1-13-6-5-7-14(13)11-18-15(19)10-16(12-17)8-3-2-4-9-16/h13-14H,2-12,17H2,1H3,(H,18,19). The van der Waals surface area contributed by atoms with E-state index in [9.17, 15) is 4.79 Å². The van der Waals surface area contributed by atoms with Crippen molar-refractivity contribution >= 4 is 5.91 Å². The lowest BCUT2D eigenvalue weighted by Gasteiger charge is -2.35. The molecule has 3 heteroatoms. The number of nitrogens with one attached hydrogen (secondary N) is 1. The summed E-state index contributed by atoms with van der Waals surface area (Å²) in [4.78, 5) is 12.2. The molecule has 2 unspecified atom stereocenters. The maximum Gasteiger partial charge on any atom is 0.220 e. The van der Waals surface area contributed by atoms with Crippen molar-refractivity contribution < 1.29 is 4.79 Å². The summed E-state index contributed by atoms with van der Waals surface area (Å²) in [6, 6.07) is 0. The van der Waals surface area contributed by atoms with Gasteiger partial charge in [0.15, 0.2) is 0 Å². The molecule has 0 aromatic heterocycles. The first-order valence-electron chi connectivity index (χ1n) is 8.12. The number of carbonyl (C=O) groups is 1. The van der Waals surface area contributed by atoms with Crippen molar-refractivity contribution in [1.82, 2.24) is 5.32 Å². The average molecular weight is 266 g/mol. The number of hydrogen-bond donors (Lipinski definition) is 2. The summed E-state index contributed by atoms with van der Waals surface area (Å²) in [5.74, 6) is 1.70. The Morgan fingerprint density at radius 1 is 1.21 bits per heavy atom.